The fourth-order valence-corrected chi connectivity index (χ4v) is 2.62. The summed E-state index contributed by atoms with van der Waals surface area (Å²) in [5, 5.41) is 19.0. The highest BCUT2D eigenvalue weighted by Crippen LogP contribution is 2.22. The maximum absolute atomic E-state index is 9.58. The van der Waals surface area contributed by atoms with E-state index in [9.17, 15) is 10.2 Å². The van der Waals surface area contributed by atoms with Gasteiger partial charge >= 0.3 is 0 Å². The van der Waals surface area contributed by atoms with Gasteiger partial charge in [-0.2, -0.15) is 0 Å². The molecule has 2 unspecified atom stereocenters. The molecular formula is C13H23NO2. The van der Waals surface area contributed by atoms with Gasteiger partial charge in [0.1, 0.15) is 0 Å². The van der Waals surface area contributed by atoms with Crippen LogP contribution in [-0.4, -0.2) is 47.0 Å². The Kier molecular flexibility index (Phi) is 4.38. The summed E-state index contributed by atoms with van der Waals surface area (Å²) in [5.41, 5.74) is 1.32. The van der Waals surface area contributed by atoms with Crippen LogP contribution in [0.4, 0.5) is 0 Å². The SMILES string of the molecule is OC1CC=C(CCN2CCCCC2)CC1O. The number of nitrogens with zero attached hydrogens (tertiary/aromatic N) is 1. The quantitative estimate of drug-likeness (QED) is 0.712. The van der Waals surface area contributed by atoms with Gasteiger partial charge in [0, 0.05) is 6.54 Å². The highest BCUT2D eigenvalue weighted by Gasteiger charge is 2.21. The highest BCUT2D eigenvalue weighted by molar-refractivity contribution is 5.10. The summed E-state index contributed by atoms with van der Waals surface area (Å²) >= 11 is 0. The molecule has 2 atom stereocenters. The van der Waals surface area contributed by atoms with Gasteiger partial charge in [-0.25, -0.2) is 0 Å². The third-order valence-corrected chi connectivity index (χ3v) is 3.76. The largest absolute Gasteiger partial charge is 0.390 e. The van der Waals surface area contributed by atoms with Gasteiger partial charge in [-0.3, -0.25) is 0 Å². The van der Waals surface area contributed by atoms with Gasteiger partial charge in [0.2, 0.25) is 0 Å². The van der Waals surface area contributed by atoms with E-state index in [2.05, 4.69) is 11.0 Å². The minimum absolute atomic E-state index is 0.540. The maximum atomic E-state index is 9.58. The molecule has 2 aliphatic rings. The molecule has 2 N–H and O–H groups in total. The maximum Gasteiger partial charge on any atom is 0.0839 e. The second-order valence-corrected chi connectivity index (χ2v) is 5.09. The fourth-order valence-electron chi connectivity index (χ4n) is 2.62. The number of piperidine rings is 1. The molecule has 0 aromatic rings. The van der Waals surface area contributed by atoms with Crippen LogP contribution < -0.4 is 0 Å². The summed E-state index contributed by atoms with van der Waals surface area (Å²) in [4.78, 5) is 2.52. The third kappa shape index (κ3) is 3.30. The van der Waals surface area contributed by atoms with Crippen LogP contribution in [0.15, 0.2) is 11.6 Å². The molecule has 0 aromatic carbocycles. The van der Waals surface area contributed by atoms with E-state index in [1.54, 1.807) is 0 Å². The van der Waals surface area contributed by atoms with Crippen LogP contribution in [0.1, 0.15) is 38.5 Å². The van der Waals surface area contributed by atoms with Crippen molar-refractivity contribution in [2.75, 3.05) is 19.6 Å². The first-order valence-corrected chi connectivity index (χ1v) is 6.52. The van der Waals surface area contributed by atoms with Crippen molar-refractivity contribution in [1.82, 2.24) is 4.90 Å². The molecule has 1 heterocycles. The second-order valence-electron chi connectivity index (χ2n) is 5.09. The summed E-state index contributed by atoms with van der Waals surface area (Å²) in [6, 6.07) is 0. The number of rotatable bonds is 3. The number of hydrogen-bond donors (Lipinski definition) is 2. The van der Waals surface area contributed by atoms with Gasteiger partial charge in [-0.1, -0.05) is 18.1 Å². The average Bonchev–Trinajstić information content (AvgIpc) is 2.32. The molecule has 16 heavy (non-hydrogen) atoms. The third-order valence-electron chi connectivity index (χ3n) is 3.76. The van der Waals surface area contributed by atoms with Crippen molar-refractivity contribution < 1.29 is 10.2 Å². The molecule has 3 heteroatoms. The summed E-state index contributed by atoms with van der Waals surface area (Å²) < 4.78 is 0. The molecule has 0 aromatic heterocycles. The first-order valence-electron chi connectivity index (χ1n) is 6.52. The van der Waals surface area contributed by atoms with E-state index in [-0.39, 0.29) is 0 Å². The van der Waals surface area contributed by atoms with Gasteiger partial charge in [0.25, 0.3) is 0 Å². The molecule has 0 spiro atoms. The van der Waals surface area contributed by atoms with Crippen LogP contribution in [0.25, 0.3) is 0 Å². The summed E-state index contributed by atoms with van der Waals surface area (Å²) in [6.45, 7) is 3.59. The molecule has 2 rings (SSSR count). The Hall–Kier alpha value is -0.380. The van der Waals surface area contributed by atoms with Gasteiger partial charge in [0.05, 0.1) is 12.2 Å². The second kappa shape index (κ2) is 5.80. The average molecular weight is 225 g/mol. The topological polar surface area (TPSA) is 43.7 Å². The molecule has 1 fully saturated rings. The lowest BCUT2D eigenvalue weighted by molar-refractivity contribution is 0.0159. The predicted octanol–water partition coefficient (Wildman–Crippen LogP) is 1.30. The van der Waals surface area contributed by atoms with Gasteiger partial charge in [0.15, 0.2) is 0 Å². The van der Waals surface area contributed by atoms with E-state index >= 15 is 0 Å². The Morgan fingerprint density at radius 2 is 1.88 bits per heavy atom. The molecule has 0 amide bonds. The molecule has 92 valence electrons. The van der Waals surface area contributed by atoms with E-state index < -0.39 is 12.2 Å². The highest BCUT2D eigenvalue weighted by atomic mass is 16.3. The molecule has 1 aliphatic heterocycles. The molecule has 1 aliphatic carbocycles. The zero-order chi connectivity index (χ0) is 11.4. The monoisotopic (exact) mass is 225 g/mol. The summed E-state index contributed by atoms with van der Waals surface area (Å²) in [6.07, 6.45) is 7.42. The van der Waals surface area contributed by atoms with Crippen molar-refractivity contribution >= 4 is 0 Å². The van der Waals surface area contributed by atoms with Gasteiger partial charge < -0.3 is 15.1 Å². The molecule has 3 nitrogen and oxygen atoms in total. The molecule has 1 saturated heterocycles. The summed E-state index contributed by atoms with van der Waals surface area (Å²) in [7, 11) is 0. The molecule has 0 bridgehead atoms. The Balaban J connectivity index is 1.73. The van der Waals surface area contributed by atoms with Crippen LogP contribution in [0.2, 0.25) is 0 Å². The van der Waals surface area contributed by atoms with Crippen molar-refractivity contribution in [3.8, 4) is 0 Å². The van der Waals surface area contributed by atoms with Crippen LogP contribution in [0, 0.1) is 0 Å². The first kappa shape index (κ1) is 12.1. The Morgan fingerprint density at radius 1 is 1.12 bits per heavy atom. The summed E-state index contributed by atoms with van der Waals surface area (Å²) in [5.74, 6) is 0. The Bertz CT molecular complexity index is 246. The number of aliphatic hydroxyl groups excluding tert-OH is 2. The smallest absolute Gasteiger partial charge is 0.0839 e. The zero-order valence-electron chi connectivity index (χ0n) is 9.94. The number of hydrogen-bond acceptors (Lipinski definition) is 3. The van der Waals surface area contributed by atoms with E-state index in [1.165, 1.54) is 37.9 Å². The molecular weight excluding hydrogens is 202 g/mol. The van der Waals surface area contributed by atoms with Crippen molar-refractivity contribution in [3.05, 3.63) is 11.6 Å². The standard InChI is InChI=1S/C13H23NO2/c15-12-5-4-11(10-13(12)16)6-9-14-7-2-1-3-8-14/h4,12-13,15-16H,1-3,5-10H2. The lowest BCUT2D eigenvalue weighted by Crippen LogP contribution is -2.32. The van der Waals surface area contributed by atoms with Gasteiger partial charge in [-0.15, -0.1) is 0 Å². The Morgan fingerprint density at radius 3 is 2.56 bits per heavy atom. The lowest BCUT2D eigenvalue weighted by Gasteiger charge is -2.28. The number of aliphatic hydroxyl groups is 2. The zero-order valence-corrected chi connectivity index (χ0v) is 9.94. The van der Waals surface area contributed by atoms with Crippen LogP contribution in [0.5, 0.6) is 0 Å². The molecule has 0 radical (unpaired) electrons. The number of likely N-dealkylation sites (tertiary alicyclic amines) is 1. The van der Waals surface area contributed by atoms with Crippen molar-refractivity contribution in [1.29, 1.82) is 0 Å². The minimum Gasteiger partial charge on any atom is -0.390 e. The van der Waals surface area contributed by atoms with Crippen LogP contribution in [-0.2, 0) is 0 Å². The van der Waals surface area contributed by atoms with Crippen LogP contribution >= 0.6 is 0 Å². The lowest BCUT2D eigenvalue weighted by atomic mass is 9.92. The first-order chi connectivity index (χ1) is 7.75. The minimum atomic E-state index is -0.543. The van der Waals surface area contributed by atoms with E-state index in [4.69, 9.17) is 0 Å². The van der Waals surface area contributed by atoms with E-state index in [0.717, 1.165) is 13.0 Å². The fraction of sp³-hybridized carbons (Fsp3) is 0.846. The van der Waals surface area contributed by atoms with Crippen molar-refractivity contribution in [2.45, 2.75) is 50.7 Å². The van der Waals surface area contributed by atoms with E-state index in [1.807, 2.05) is 0 Å². The molecule has 0 saturated carbocycles. The Labute approximate surface area is 97.8 Å². The van der Waals surface area contributed by atoms with Crippen LogP contribution in [0.3, 0.4) is 0 Å². The van der Waals surface area contributed by atoms with Gasteiger partial charge in [-0.05, 0) is 45.2 Å². The van der Waals surface area contributed by atoms with E-state index in [0.29, 0.717) is 12.8 Å². The normalized spacial score (nSPS) is 32.5. The van der Waals surface area contributed by atoms with Crippen molar-refractivity contribution in [3.63, 3.8) is 0 Å². The van der Waals surface area contributed by atoms with Crippen molar-refractivity contribution in [2.24, 2.45) is 0 Å². The predicted molar refractivity (Wildman–Crippen MR) is 64.2 cm³/mol.